The van der Waals surface area contributed by atoms with Gasteiger partial charge in [0.2, 0.25) is 0 Å². The van der Waals surface area contributed by atoms with Gasteiger partial charge in [-0.1, -0.05) is 85.5 Å². The average molecular weight is 747 g/mol. The second-order valence-electron chi connectivity index (χ2n) is 13.3. The van der Waals surface area contributed by atoms with Gasteiger partial charge in [0.25, 0.3) is 0 Å². The number of allylic oxidation sites excluding steroid dienone is 1. The van der Waals surface area contributed by atoms with E-state index in [9.17, 15) is 0 Å². The SMILES string of the molecule is C=Cc1sc2ccc(N(c3ccccc3)c3cccc4sc5ccc(N(c6ccccc6)c6ccc7sc8ccccc8c7c6)cc5c34)cc2c1/C=C\C. The molecule has 5 heteroatoms. The number of hydrogen-bond donors (Lipinski definition) is 0. The van der Waals surface area contributed by atoms with Crippen molar-refractivity contribution in [2.75, 3.05) is 9.80 Å². The van der Waals surface area contributed by atoms with Gasteiger partial charge in [0.15, 0.2) is 0 Å². The summed E-state index contributed by atoms with van der Waals surface area (Å²) < 4.78 is 6.40. The highest BCUT2D eigenvalue weighted by molar-refractivity contribution is 7.26. The molecule has 7 aromatic carbocycles. The molecule has 0 aliphatic heterocycles. The van der Waals surface area contributed by atoms with Crippen LogP contribution in [0.15, 0.2) is 170 Å². The van der Waals surface area contributed by atoms with Gasteiger partial charge < -0.3 is 9.80 Å². The zero-order chi connectivity index (χ0) is 36.2. The number of para-hydroxylation sites is 2. The highest BCUT2D eigenvalue weighted by Gasteiger charge is 2.22. The lowest BCUT2D eigenvalue weighted by molar-refractivity contribution is 1.30. The van der Waals surface area contributed by atoms with Crippen LogP contribution >= 0.6 is 34.0 Å². The Morgan fingerprint density at radius 2 is 0.981 bits per heavy atom. The lowest BCUT2D eigenvalue weighted by atomic mass is 10.0. The normalized spacial score (nSPS) is 11.8. The molecule has 0 bridgehead atoms. The quantitative estimate of drug-likeness (QED) is 0.153. The Labute approximate surface area is 326 Å². The highest BCUT2D eigenvalue weighted by Crippen LogP contribution is 2.48. The predicted octanol–water partition coefficient (Wildman–Crippen LogP) is 16.3. The lowest BCUT2D eigenvalue weighted by Gasteiger charge is -2.27. The van der Waals surface area contributed by atoms with Crippen LogP contribution in [0.1, 0.15) is 17.4 Å². The minimum absolute atomic E-state index is 1.12. The number of hydrogen-bond acceptors (Lipinski definition) is 5. The summed E-state index contributed by atoms with van der Waals surface area (Å²) in [7, 11) is 0. The maximum atomic E-state index is 4.12. The Hall–Kier alpha value is -5.98. The third kappa shape index (κ3) is 5.43. The van der Waals surface area contributed by atoms with Crippen LogP contribution in [0.4, 0.5) is 34.1 Å². The topological polar surface area (TPSA) is 6.48 Å². The molecule has 54 heavy (non-hydrogen) atoms. The second-order valence-corrected chi connectivity index (χ2v) is 16.6. The molecule has 0 saturated heterocycles. The summed E-state index contributed by atoms with van der Waals surface area (Å²) in [5.41, 5.74) is 8.02. The first-order chi connectivity index (χ1) is 26.7. The van der Waals surface area contributed by atoms with E-state index in [0.717, 1.165) is 34.1 Å². The zero-order valence-corrected chi connectivity index (χ0v) is 32.0. The van der Waals surface area contributed by atoms with Crippen molar-refractivity contribution in [3.63, 3.8) is 0 Å². The molecule has 2 nitrogen and oxygen atoms in total. The summed E-state index contributed by atoms with van der Waals surface area (Å²) in [6.45, 7) is 6.20. The van der Waals surface area contributed by atoms with E-state index in [1.807, 2.05) is 28.7 Å². The second kappa shape index (κ2) is 13.5. The fourth-order valence-electron chi connectivity index (χ4n) is 7.76. The van der Waals surface area contributed by atoms with E-state index in [4.69, 9.17) is 0 Å². The van der Waals surface area contributed by atoms with E-state index in [1.165, 1.54) is 60.9 Å². The Balaban J connectivity index is 1.19. The molecule has 0 spiro atoms. The minimum Gasteiger partial charge on any atom is -0.310 e. The van der Waals surface area contributed by atoms with Crippen LogP contribution in [0.3, 0.4) is 0 Å². The van der Waals surface area contributed by atoms with Crippen LogP contribution in [0.2, 0.25) is 0 Å². The van der Waals surface area contributed by atoms with Crippen molar-refractivity contribution in [3.8, 4) is 0 Å². The van der Waals surface area contributed by atoms with Gasteiger partial charge in [-0.25, -0.2) is 0 Å². The maximum Gasteiger partial charge on any atom is 0.0554 e. The van der Waals surface area contributed by atoms with E-state index in [1.54, 1.807) is 11.3 Å². The third-order valence-electron chi connectivity index (χ3n) is 10.1. The first kappa shape index (κ1) is 32.7. The van der Waals surface area contributed by atoms with Crippen LogP contribution in [-0.4, -0.2) is 0 Å². The Bertz CT molecular complexity index is 3040. The van der Waals surface area contributed by atoms with Gasteiger partial charge in [-0.05, 0) is 104 Å². The van der Waals surface area contributed by atoms with Crippen LogP contribution in [0.5, 0.6) is 0 Å². The molecule has 258 valence electrons. The molecule has 10 aromatic rings. The molecule has 0 N–H and O–H groups in total. The Morgan fingerprint density at radius 1 is 0.444 bits per heavy atom. The zero-order valence-electron chi connectivity index (χ0n) is 29.6. The third-order valence-corrected chi connectivity index (χ3v) is 13.6. The van der Waals surface area contributed by atoms with Crippen LogP contribution in [0, 0.1) is 0 Å². The van der Waals surface area contributed by atoms with E-state index < -0.39 is 0 Å². The lowest BCUT2D eigenvalue weighted by Crippen LogP contribution is -2.10. The molecular formula is C49H34N2S3. The monoisotopic (exact) mass is 746 g/mol. The van der Waals surface area contributed by atoms with Crippen molar-refractivity contribution in [1.82, 2.24) is 0 Å². The summed E-state index contributed by atoms with van der Waals surface area (Å²) in [6, 6.07) is 57.7. The smallest absolute Gasteiger partial charge is 0.0554 e. The largest absolute Gasteiger partial charge is 0.310 e. The highest BCUT2D eigenvalue weighted by atomic mass is 32.1. The van der Waals surface area contributed by atoms with Gasteiger partial charge in [-0.2, -0.15) is 0 Å². The molecule has 0 saturated carbocycles. The van der Waals surface area contributed by atoms with Crippen LogP contribution in [-0.2, 0) is 0 Å². The van der Waals surface area contributed by atoms with Crippen LogP contribution < -0.4 is 9.80 Å². The molecule has 0 radical (unpaired) electrons. The number of thiophene rings is 3. The number of anilines is 6. The fraction of sp³-hybridized carbons (Fsp3) is 0.0204. The van der Waals surface area contributed by atoms with Gasteiger partial charge in [0.05, 0.1) is 5.69 Å². The molecule has 0 amide bonds. The number of rotatable bonds is 8. The average Bonchev–Trinajstić information content (AvgIpc) is 3.90. The first-order valence-corrected chi connectivity index (χ1v) is 20.5. The van der Waals surface area contributed by atoms with Crippen molar-refractivity contribution in [2.45, 2.75) is 6.92 Å². The summed E-state index contributed by atoms with van der Waals surface area (Å²) in [5.74, 6) is 0. The van der Waals surface area contributed by atoms with Gasteiger partial charge in [-0.3, -0.25) is 0 Å². The van der Waals surface area contributed by atoms with E-state index in [-0.39, 0.29) is 0 Å². The van der Waals surface area contributed by atoms with E-state index in [0.29, 0.717) is 0 Å². The summed E-state index contributed by atoms with van der Waals surface area (Å²) in [5, 5.41) is 6.33. The van der Waals surface area contributed by atoms with Gasteiger partial charge in [0.1, 0.15) is 0 Å². The van der Waals surface area contributed by atoms with Gasteiger partial charge >= 0.3 is 0 Å². The molecule has 0 aliphatic rings. The molecule has 0 atom stereocenters. The molecule has 0 aliphatic carbocycles. The summed E-state index contributed by atoms with van der Waals surface area (Å²) in [6.07, 6.45) is 6.30. The molecule has 10 rings (SSSR count). The molecule has 0 fully saturated rings. The molecule has 3 aromatic heterocycles. The van der Waals surface area contributed by atoms with E-state index >= 15 is 0 Å². The first-order valence-electron chi connectivity index (χ1n) is 18.1. The number of benzene rings is 7. The Morgan fingerprint density at radius 3 is 1.69 bits per heavy atom. The van der Waals surface area contributed by atoms with Crippen LogP contribution in [0.25, 0.3) is 62.6 Å². The predicted molar refractivity (Wildman–Crippen MR) is 242 cm³/mol. The molecule has 3 heterocycles. The van der Waals surface area contributed by atoms with Crippen molar-refractivity contribution in [1.29, 1.82) is 0 Å². The van der Waals surface area contributed by atoms with Crippen molar-refractivity contribution in [3.05, 3.63) is 181 Å². The summed E-state index contributed by atoms with van der Waals surface area (Å²) in [4.78, 5) is 6.02. The maximum absolute atomic E-state index is 4.12. The van der Waals surface area contributed by atoms with Gasteiger partial charge in [0, 0.05) is 89.3 Å². The summed E-state index contributed by atoms with van der Waals surface area (Å²) >= 11 is 5.50. The number of nitrogens with zero attached hydrogens (tertiary/aromatic N) is 2. The van der Waals surface area contributed by atoms with Crippen molar-refractivity contribution >= 4 is 131 Å². The minimum atomic E-state index is 1.12. The fourth-order valence-corrected chi connectivity index (χ4v) is 11.0. The molecule has 0 unspecified atom stereocenters. The van der Waals surface area contributed by atoms with Crippen molar-refractivity contribution < 1.29 is 0 Å². The standard InChI is InChI=1S/C49H34N2S3/c1-3-14-37-39-30-36(25-27-45(39)52-43(37)4-2)51(33-17-9-6-10-18-33)42-20-13-22-48-49(42)41-31-35(24-28-47(41)54-48)50(32-15-7-5-8-16-32)34-23-26-46-40(29-34)38-19-11-12-21-44(38)53-46/h3-31H,2H2,1H3/b14-3-. The van der Waals surface area contributed by atoms with E-state index in [2.05, 4.69) is 193 Å². The molecular weight excluding hydrogens is 713 g/mol. The van der Waals surface area contributed by atoms with Crippen molar-refractivity contribution in [2.24, 2.45) is 0 Å². The number of fused-ring (bicyclic) bond motifs is 7. The Kier molecular flexibility index (Phi) is 8.14. The van der Waals surface area contributed by atoms with Gasteiger partial charge in [-0.15, -0.1) is 34.0 Å².